The van der Waals surface area contributed by atoms with Gasteiger partial charge in [-0.1, -0.05) is 26.0 Å². The van der Waals surface area contributed by atoms with Gasteiger partial charge < -0.3 is 0 Å². The first kappa shape index (κ1) is 16.8. The van der Waals surface area contributed by atoms with Crippen molar-refractivity contribution >= 4 is 21.8 Å². The van der Waals surface area contributed by atoms with Crippen LogP contribution < -0.4 is 4.57 Å². The molecule has 0 saturated carbocycles. The maximum Gasteiger partial charge on any atom is 0.286 e. The van der Waals surface area contributed by atoms with Gasteiger partial charge in [0.2, 0.25) is 0 Å². The Balaban J connectivity index is 2.27. The fourth-order valence-electron chi connectivity index (χ4n) is 4.51. The lowest BCUT2D eigenvalue weighted by molar-refractivity contribution is -0.665. The molecule has 0 bridgehead atoms. The Bertz CT molecular complexity index is 1150. The average molecular weight is 343 g/mol. The Labute approximate surface area is 155 Å². The Morgan fingerprint density at radius 2 is 1.65 bits per heavy atom. The monoisotopic (exact) mass is 343 g/mol. The number of hydrogen-bond donors (Lipinski definition) is 0. The van der Waals surface area contributed by atoms with Gasteiger partial charge >= 0.3 is 0 Å². The standard InChI is InChI=1S/C24H27N2/c1-15(2)23-17(4)14-20-19-9-7-8-10-21(19)26(24(20)18(23)5)22-13-16(3)11-12-25(22)6/h7-15H,1-6H3/q+1. The number of benzene rings is 2. The van der Waals surface area contributed by atoms with Gasteiger partial charge in [-0.05, 0) is 67.6 Å². The predicted octanol–water partition coefficient (Wildman–Crippen LogP) is 5.66. The van der Waals surface area contributed by atoms with Gasteiger partial charge in [0.05, 0.1) is 13.2 Å². The second-order valence-corrected chi connectivity index (χ2v) is 7.81. The molecular weight excluding hydrogens is 316 g/mol. The van der Waals surface area contributed by atoms with Crippen LogP contribution in [0.15, 0.2) is 48.7 Å². The summed E-state index contributed by atoms with van der Waals surface area (Å²) >= 11 is 0. The molecule has 132 valence electrons. The summed E-state index contributed by atoms with van der Waals surface area (Å²) in [5, 5.41) is 2.67. The quantitative estimate of drug-likeness (QED) is 0.415. The van der Waals surface area contributed by atoms with E-state index in [9.17, 15) is 0 Å². The lowest BCUT2D eigenvalue weighted by Crippen LogP contribution is -2.33. The third kappa shape index (κ3) is 2.36. The van der Waals surface area contributed by atoms with E-state index in [2.05, 4.69) is 99.5 Å². The molecule has 2 aromatic carbocycles. The zero-order valence-corrected chi connectivity index (χ0v) is 16.6. The summed E-state index contributed by atoms with van der Waals surface area (Å²) < 4.78 is 4.66. The molecule has 4 rings (SSSR count). The van der Waals surface area contributed by atoms with E-state index in [0.29, 0.717) is 5.92 Å². The van der Waals surface area contributed by atoms with E-state index in [1.807, 2.05) is 0 Å². The minimum atomic E-state index is 0.511. The maximum atomic E-state index is 2.44. The number of para-hydroxylation sites is 1. The number of fused-ring (bicyclic) bond motifs is 3. The van der Waals surface area contributed by atoms with E-state index < -0.39 is 0 Å². The van der Waals surface area contributed by atoms with Crippen molar-refractivity contribution in [3.8, 4) is 5.82 Å². The number of aromatic nitrogens is 2. The molecule has 0 saturated heterocycles. The van der Waals surface area contributed by atoms with Gasteiger partial charge in [0.15, 0.2) is 0 Å². The van der Waals surface area contributed by atoms with Gasteiger partial charge in [-0.15, -0.1) is 0 Å². The molecule has 0 atom stereocenters. The molecule has 4 aromatic rings. The van der Waals surface area contributed by atoms with Crippen LogP contribution in [-0.2, 0) is 7.05 Å². The molecule has 26 heavy (non-hydrogen) atoms. The molecule has 0 spiro atoms. The largest absolute Gasteiger partial charge is 0.286 e. The smallest absolute Gasteiger partial charge is 0.237 e. The van der Waals surface area contributed by atoms with Crippen LogP contribution in [-0.4, -0.2) is 4.57 Å². The Morgan fingerprint density at radius 3 is 2.38 bits per heavy atom. The van der Waals surface area contributed by atoms with Gasteiger partial charge in [0, 0.05) is 22.4 Å². The first-order valence-corrected chi connectivity index (χ1v) is 9.40. The van der Waals surface area contributed by atoms with Crippen LogP contribution in [0.3, 0.4) is 0 Å². The van der Waals surface area contributed by atoms with Gasteiger partial charge in [0.1, 0.15) is 11.0 Å². The van der Waals surface area contributed by atoms with Crippen molar-refractivity contribution in [2.75, 3.05) is 0 Å². The molecule has 2 heteroatoms. The highest BCUT2D eigenvalue weighted by molar-refractivity contribution is 6.10. The van der Waals surface area contributed by atoms with Crippen LogP contribution in [0, 0.1) is 20.8 Å². The number of nitrogens with zero attached hydrogens (tertiary/aromatic N) is 2. The van der Waals surface area contributed by atoms with Gasteiger partial charge in [-0.2, -0.15) is 4.57 Å². The van der Waals surface area contributed by atoms with Crippen LogP contribution in [0.1, 0.15) is 42.0 Å². The summed E-state index contributed by atoms with van der Waals surface area (Å²) in [6.45, 7) is 11.3. The fraction of sp³-hybridized carbons (Fsp3) is 0.292. The number of hydrogen-bond acceptors (Lipinski definition) is 0. The van der Waals surface area contributed by atoms with E-state index in [1.165, 1.54) is 49.9 Å². The second-order valence-electron chi connectivity index (χ2n) is 7.81. The summed E-state index contributed by atoms with van der Waals surface area (Å²) in [5.74, 6) is 1.72. The van der Waals surface area contributed by atoms with Crippen LogP contribution in [0.4, 0.5) is 0 Å². The van der Waals surface area contributed by atoms with Gasteiger partial charge in [-0.25, -0.2) is 4.57 Å². The summed E-state index contributed by atoms with van der Waals surface area (Å²) in [6, 6.07) is 15.6. The van der Waals surface area contributed by atoms with E-state index in [0.717, 1.165) is 0 Å². The first-order valence-electron chi connectivity index (χ1n) is 9.40. The summed E-state index contributed by atoms with van der Waals surface area (Å²) in [7, 11) is 2.13. The van der Waals surface area contributed by atoms with Crippen molar-refractivity contribution in [1.29, 1.82) is 0 Å². The van der Waals surface area contributed by atoms with Crippen molar-refractivity contribution < 1.29 is 4.57 Å². The van der Waals surface area contributed by atoms with E-state index in [-0.39, 0.29) is 0 Å². The lowest BCUT2D eigenvalue weighted by atomic mass is 9.91. The Morgan fingerprint density at radius 1 is 0.923 bits per heavy atom. The lowest BCUT2D eigenvalue weighted by Gasteiger charge is -2.15. The minimum absolute atomic E-state index is 0.511. The fourth-order valence-corrected chi connectivity index (χ4v) is 4.51. The molecule has 0 aliphatic carbocycles. The van der Waals surface area contributed by atoms with Crippen LogP contribution in [0.5, 0.6) is 0 Å². The Hall–Kier alpha value is -2.61. The zero-order valence-electron chi connectivity index (χ0n) is 16.6. The minimum Gasteiger partial charge on any atom is -0.237 e. The van der Waals surface area contributed by atoms with E-state index in [4.69, 9.17) is 0 Å². The first-order chi connectivity index (χ1) is 12.4. The Kier molecular flexibility index (Phi) is 3.87. The molecule has 0 unspecified atom stereocenters. The van der Waals surface area contributed by atoms with Crippen LogP contribution >= 0.6 is 0 Å². The highest BCUT2D eigenvalue weighted by atomic mass is 15.1. The topological polar surface area (TPSA) is 8.81 Å². The highest BCUT2D eigenvalue weighted by Crippen LogP contribution is 2.37. The highest BCUT2D eigenvalue weighted by Gasteiger charge is 2.25. The van der Waals surface area contributed by atoms with Crippen molar-refractivity contribution in [3.05, 3.63) is 70.9 Å². The third-order valence-corrected chi connectivity index (χ3v) is 5.54. The van der Waals surface area contributed by atoms with Crippen LogP contribution in [0.25, 0.3) is 27.6 Å². The molecular formula is C24H27N2+. The number of pyridine rings is 1. The van der Waals surface area contributed by atoms with E-state index in [1.54, 1.807) is 0 Å². The SMILES string of the molecule is Cc1cc[n+](C)c(-n2c3ccccc3c3cc(C)c(C(C)C)c(C)c32)c1. The maximum absolute atomic E-state index is 2.44. The average Bonchev–Trinajstić information content (AvgIpc) is 2.91. The van der Waals surface area contributed by atoms with Gasteiger partial charge in [-0.3, -0.25) is 0 Å². The molecule has 0 amide bonds. The molecule has 0 N–H and O–H groups in total. The molecule has 0 aliphatic rings. The van der Waals surface area contributed by atoms with Crippen LogP contribution in [0.2, 0.25) is 0 Å². The summed E-state index contributed by atoms with van der Waals surface area (Å²) in [5.41, 5.74) is 8.14. The molecule has 2 nitrogen and oxygen atoms in total. The van der Waals surface area contributed by atoms with Crippen molar-refractivity contribution in [2.24, 2.45) is 7.05 Å². The summed E-state index contributed by atoms with van der Waals surface area (Å²) in [4.78, 5) is 0. The van der Waals surface area contributed by atoms with Crippen molar-refractivity contribution in [1.82, 2.24) is 4.57 Å². The molecule has 0 aliphatic heterocycles. The van der Waals surface area contributed by atoms with Gasteiger partial charge in [0.25, 0.3) is 5.82 Å². The molecule has 2 heterocycles. The normalized spacial score (nSPS) is 11.8. The molecule has 0 radical (unpaired) electrons. The van der Waals surface area contributed by atoms with E-state index >= 15 is 0 Å². The zero-order chi connectivity index (χ0) is 18.6. The second kappa shape index (κ2) is 5.98. The summed E-state index contributed by atoms with van der Waals surface area (Å²) in [6.07, 6.45) is 2.15. The van der Waals surface area contributed by atoms with Crippen molar-refractivity contribution in [3.63, 3.8) is 0 Å². The van der Waals surface area contributed by atoms with Crippen molar-refractivity contribution in [2.45, 2.75) is 40.5 Å². The molecule has 0 fully saturated rings. The number of rotatable bonds is 2. The molecule has 2 aromatic heterocycles. The third-order valence-electron chi connectivity index (χ3n) is 5.54. The number of aryl methyl sites for hydroxylation is 4. The predicted molar refractivity (Wildman–Crippen MR) is 110 cm³/mol.